The summed E-state index contributed by atoms with van der Waals surface area (Å²) in [5.41, 5.74) is 6.06. The number of amides is 2. The lowest BCUT2D eigenvalue weighted by atomic mass is 9.79. The van der Waals surface area contributed by atoms with Crippen LogP contribution in [0.15, 0.2) is 18.3 Å². The van der Waals surface area contributed by atoms with Crippen molar-refractivity contribution in [2.45, 2.75) is 91.0 Å². The maximum Gasteiger partial charge on any atom is 0.408 e. The number of nitrogens with one attached hydrogen (secondary N) is 3. The highest BCUT2D eigenvalue weighted by Crippen LogP contribution is 2.31. The van der Waals surface area contributed by atoms with E-state index in [1.165, 1.54) is 0 Å². The Hall–Kier alpha value is -2.19. The van der Waals surface area contributed by atoms with Crippen molar-refractivity contribution in [2.24, 2.45) is 17.6 Å². The number of rotatable bonds is 8. The summed E-state index contributed by atoms with van der Waals surface area (Å²) in [4.78, 5) is 29.9. The van der Waals surface area contributed by atoms with Crippen molar-refractivity contribution in [1.82, 2.24) is 15.6 Å². The van der Waals surface area contributed by atoms with E-state index in [1.807, 2.05) is 26.0 Å². The van der Waals surface area contributed by atoms with E-state index in [2.05, 4.69) is 27.9 Å². The van der Waals surface area contributed by atoms with E-state index in [-0.39, 0.29) is 17.4 Å². The van der Waals surface area contributed by atoms with Crippen LogP contribution >= 0.6 is 0 Å². The van der Waals surface area contributed by atoms with E-state index in [1.54, 1.807) is 27.0 Å². The molecule has 0 saturated heterocycles. The fourth-order valence-electron chi connectivity index (χ4n) is 3.84. The summed E-state index contributed by atoms with van der Waals surface area (Å²) in [7, 11) is 0. The number of hydrogen-bond donors (Lipinski definition) is 4. The van der Waals surface area contributed by atoms with E-state index in [0.717, 1.165) is 31.2 Å². The lowest BCUT2D eigenvalue weighted by Crippen LogP contribution is -2.50. The van der Waals surface area contributed by atoms with Gasteiger partial charge in [-0.2, -0.15) is 0 Å². The highest BCUT2D eigenvalue weighted by Gasteiger charge is 2.34. The molecule has 1 aromatic heterocycles. The third-order valence-electron chi connectivity index (χ3n) is 5.47. The smallest absolute Gasteiger partial charge is 0.408 e. The maximum absolute atomic E-state index is 13.2. The molecule has 1 atom stereocenters. The van der Waals surface area contributed by atoms with Crippen LogP contribution in [0.25, 0.3) is 0 Å². The predicted octanol–water partition coefficient (Wildman–Crippen LogP) is 3.57. The van der Waals surface area contributed by atoms with Gasteiger partial charge in [0, 0.05) is 24.8 Å². The van der Waals surface area contributed by atoms with Gasteiger partial charge in [0.15, 0.2) is 0 Å². The van der Waals surface area contributed by atoms with Crippen molar-refractivity contribution in [1.29, 1.82) is 0 Å². The van der Waals surface area contributed by atoms with E-state index < -0.39 is 17.7 Å². The van der Waals surface area contributed by atoms with Gasteiger partial charge in [-0.3, -0.25) is 4.79 Å². The van der Waals surface area contributed by atoms with Gasteiger partial charge in [0.05, 0.1) is 0 Å². The molecular formula is C24H41N5O3. The second kappa shape index (κ2) is 11.1. The molecule has 1 aromatic rings. The molecule has 1 aliphatic carbocycles. The first-order chi connectivity index (χ1) is 14.8. The Morgan fingerprint density at radius 2 is 1.84 bits per heavy atom. The minimum Gasteiger partial charge on any atom is -0.444 e. The van der Waals surface area contributed by atoms with Gasteiger partial charge < -0.3 is 26.4 Å². The Kier molecular flexibility index (Phi) is 9.04. The summed E-state index contributed by atoms with van der Waals surface area (Å²) in [5, 5.41) is 9.02. The first-order valence-electron chi connectivity index (χ1n) is 11.6. The second-order valence-corrected chi connectivity index (χ2v) is 10.8. The van der Waals surface area contributed by atoms with Crippen LogP contribution in [0.4, 0.5) is 10.6 Å². The Balaban J connectivity index is 2.06. The molecule has 1 aliphatic rings. The summed E-state index contributed by atoms with van der Waals surface area (Å²) in [6, 6.07) is 3.06. The van der Waals surface area contributed by atoms with Gasteiger partial charge in [-0.05, 0) is 77.0 Å². The number of anilines is 1. The molecule has 0 aromatic carbocycles. The third kappa shape index (κ3) is 9.53. The van der Waals surface area contributed by atoms with E-state index in [0.29, 0.717) is 24.8 Å². The molecule has 180 valence electrons. The molecular weight excluding hydrogens is 406 g/mol. The highest BCUT2D eigenvalue weighted by atomic mass is 16.6. The zero-order valence-electron chi connectivity index (χ0n) is 20.5. The van der Waals surface area contributed by atoms with Gasteiger partial charge in [0.1, 0.15) is 17.5 Å². The number of nitrogens with zero attached hydrogens (tertiary/aromatic N) is 1. The maximum atomic E-state index is 13.2. The zero-order valence-corrected chi connectivity index (χ0v) is 20.5. The quantitative estimate of drug-likeness (QED) is 0.484. The molecule has 8 heteroatoms. The lowest BCUT2D eigenvalue weighted by Gasteiger charge is -2.32. The van der Waals surface area contributed by atoms with Crippen LogP contribution in [-0.4, -0.2) is 40.7 Å². The minimum absolute atomic E-state index is 0.0651. The topological polar surface area (TPSA) is 118 Å². The van der Waals surface area contributed by atoms with E-state index in [9.17, 15) is 9.59 Å². The van der Waals surface area contributed by atoms with Crippen molar-refractivity contribution >= 4 is 17.8 Å². The standard InChI is InChI=1S/C24H41N5O3/c1-16-7-9-18(10-8-16)20(29-22(31)32-23(2,3)4)21(30)28-19-13-17(11-12-27-19)14-26-15-24(5,6)25/h11-13,16,18,20,26H,7-10,14-15,25H2,1-6H3,(H,29,31)(H,27,28,30)/t16?,18?,20-/m0/s1. The van der Waals surface area contributed by atoms with Gasteiger partial charge in [0.25, 0.3) is 0 Å². The van der Waals surface area contributed by atoms with Crippen molar-refractivity contribution in [3.05, 3.63) is 23.9 Å². The van der Waals surface area contributed by atoms with Crippen LogP contribution in [0.5, 0.6) is 0 Å². The molecule has 0 spiro atoms. The largest absolute Gasteiger partial charge is 0.444 e. The Bertz CT molecular complexity index is 762. The van der Waals surface area contributed by atoms with Gasteiger partial charge in [0.2, 0.25) is 5.91 Å². The molecule has 1 fully saturated rings. The first-order valence-corrected chi connectivity index (χ1v) is 11.6. The number of alkyl carbamates (subject to hydrolysis) is 1. The normalized spacial score (nSPS) is 20.3. The molecule has 0 aliphatic heterocycles. The van der Waals surface area contributed by atoms with Crippen molar-refractivity contribution in [3.63, 3.8) is 0 Å². The fourth-order valence-corrected chi connectivity index (χ4v) is 3.84. The Morgan fingerprint density at radius 3 is 2.44 bits per heavy atom. The number of carbonyl (C=O) groups excluding carboxylic acids is 2. The van der Waals surface area contributed by atoms with Crippen LogP contribution in [-0.2, 0) is 16.1 Å². The van der Waals surface area contributed by atoms with E-state index in [4.69, 9.17) is 10.5 Å². The Morgan fingerprint density at radius 1 is 1.19 bits per heavy atom. The van der Waals surface area contributed by atoms with Gasteiger partial charge in [-0.15, -0.1) is 0 Å². The summed E-state index contributed by atoms with van der Waals surface area (Å²) in [6.45, 7) is 12.8. The van der Waals surface area contributed by atoms with Crippen LogP contribution in [0, 0.1) is 11.8 Å². The molecule has 8 nitrogen and oxygen atoms in total. The minimum atomic E-state index is -0.668. The number of carbonyl (C=O) groups is 2. The highest BCUT2D eigenvalue weighted by molar-refractivity contribution is 5.96. The third-order valence-corrected chi connectivity index (χ3v) is 5.47. The molecule has 1 heterocycles. The molecule has 32 heavy (non-hydrogen) atoms. The molecule has 0 radical (unpaired) electrons. The van der Waals surface area contributed by atoms with Crippen LogP contribution in [0.1, 0.15) is 72.8 Å². The molecule has 1 saturated carbocycles. The molecule has 2 rings (SSSR count). The van der Waals surface area contributed by atoms with Crippen LogP contribution in [0.2, 0.25) is 0 Å². The SMILES string of the molecule is CC1CCC([C@H](NC(=O)OC(C)(C)C)C(=O)Nc2cc(CNCC(C)(C)N)ccn2)CC1. The average molecular weight is 448 g/mol. The molecule has 0 unspecified atom stereocenters. The zero-order chi connectivity index (χ0) is 23.9. The molecule has 2 amide bonds. The number of hydrogen-bond acceptors (Lipinski definition) is 6. The number of ether oxygens (including phenoxy) is 1. The number of pyridine rings is 1. The second-order valence-electron chi connectivity index (χ2n) is 10.8. The van der Waals surface area contributed by atoms with E-state index >= 15 is 0 Å². The number of aromatic nitrogens is 1. The van der Waals surface area contributed by atoms with Crippen molar-refractivity contribution in [2.75, 3.05) is 11.9 Å². The lowest BCUT2D eigenvalue weighted by molar-refractivity contribution is -0.119. The van der Waals surface area contributed by atoms with Crippen LogP contribution in [0.3, 0.4) is 0 Å². The predicted molar refractivity (Wildman–Crippen MR) is 127 cm³/mol. The molecule has 0 bridgehead atoms. The average Bonchev–Trinajstić information content (AvgIpc) is 2.65. The summed E-state index contributed by atoms with van der Waals surface area (Å²) < 4.78 is 5.41. The van der Waals surface area contributed by atoms with Crippen molar-refractivity contribution < 1.29 is 14.3 Å². The Labute approximate surface area is 192 Å². The summed E-state index contributed by atoms with van der Waals surface area (Å²) in [6.07, 6.45) is 4.95. The van der Waals surface area contributed by atoms with Crippen molar-refractivity contribution in [3.8, 4) is 0 Å². The summed E-state index contributed by atoms with van der Waals surface area (Å²) >= 11 is 0. The van der Waals surface area contributed by atoms with Gasteiger partial charge >= 0.3 is 6.09 Å². The van der Waals surface area contributed by atoms with Gasteiger partial charge in [-0.25, -0.2) is 9.78 Å². The first kappa shape index (κ1) is 26.1. The monoisotopic (exact) mass is 447 g/mol. The van der Waals surface area contributed by atoms with Crippen LogP contribution < -0.4 is 21.7 Å². The van der Waals surface area contributed by atoms with Gasteiger partial charge in [-0.1, -0.05) is 19.8 Å². The fraction of sp³-hybridized carbons (Fsp3) is 0.708. The summed E-state index contributed by atoms with van der Waals surface area (Å²) in [5.74, 6) is 0.897. The number of nitrogens with two attached hydrogens (primary N) is 1. The molecule has 5 N–H and O–H groups in total.